The molecule has 0 radical (unpaired) electrons. The van der Waals surface area contributed by atoms with E-state index in [2.05, 4.69) is 17.4 Å². The van der Waals surface area contributed by atoms with Crippen LogP contribution in [0, 0.1) is 6.92 Å². The third-order valence-corrected chi connectivity index (χ3v) is 4.33. The van der Waals surface area contributed by atoms with Crippen LogP contribution in [-0.2, 0) is 16.8 Å². The summed E-state index contributed by atoms with van der Waals surface area (Å²) >= 11 is 6.02. The molecule has 1 aliphatic carbocycles. The van der Waals surface area contributed by atoms with Crippen molar-refractivity contribution < 1.29 is 4.79 Å². The summed E-state index contributed by atoms with van der Waals surface area (Å²) in [5.41, 5.74) is 8.97. The van der Waals surface area contributed by atoms with E-state index >= 15 is 0 Å². The zero-order valence-corrected chi connectivity index (χ0v) is 12.6. The number of benzene rings is 2. The smallest absolute Gasteiger partial charge is 0.247 e. The number of carbonyl (C=O) groups excluding carboxylic acids is 1. The van der Waals surface area contributed by atoms with Gasteiger partial charge in [0.25, 0.3) is 0 Å². The highest BCUT2D eigenvalue weighted by molar-refractivity contribution is 6.30. The van der Waals surface area contributed by atoms with E-state index in [4.69, 9.17) is 17.3 Å². The van der Waals surface area contributed by atoms with Crippen LogP contribution in [0.5, 0.6) is 0 Å². The van der Waals surface area contributed by atoms with Crippen molar-refractivity contribution in [2.24, 2.45) is 5.73 Å². The number of primary amides is 1. The van der Waals surface area contributed by atoms with Crippen LogP contribution in [0.25, 0.3) is 0 Å². The summed E-state index contributed by atoms with van der Waals surface area (Å²) in [4.78, 5) is 12.2. The van der Waals surface area contributed by atoms with Crippen LogP contribution in [0.2, 0.25) is 5.02 Å². The number of amides is 1. The van der Waals surface area contributed by atoms with Crippen LogP contribution in [0.1, 0.15) is 23.1 Å². The number of carbonyl (C=O) groups is 1. The Labute approximate surface area is 129 Å². The lowest BCUT2D eigenvalue weighted by Crippen LogP contribution is -2.46. The molecule has 108 valence electrons. The summed E-state index contributed by atoms with van der Waals surface area (Å²) in [6.45, 7) is 2.02. The van der Waals surface area contributed by atoms with Gasteiger partial charge in [-0.3, -0.25) is 4.79 Å². The predicted octanol–water partition coefficient (Wildman–Crippen LogP) is 3.39. The molecule has 0 heterocycles. The topological polar surface area (TPSA) is 55.1 Å². The van der Waals surface area contributed by atoms with E-state index in [0.29, 0.717) is 11.4 Å². The van der Waals surface area contributed by atoms with E-state index in [1.807, 2.05) is 25.1 Å². The number of anilines is 1. The summed E-state index contributed by atoms with van der Waals surface area (Å²) in [6, 6.07) is 13.5. The van der Waals surface area contributed by atoms with E-state index in [1.54, 1.807) is 12.1 Å². The maximum atomic E-state index is 12.2. The largest absolute Gasteiger partial charge is 0.368 e. The number of aryl methyl sites for hydroxylation is 2. The molecule has 3 N–H and O–H groups in total. The Morgan fingerprint density at radius 3 is 2.81 bits per heavy atom. The molecular weight excluding hydrogens is 284 g/mol. The maximum absolute atomic E-state index is 12.2. The minimum absolute atomic E-state index is 0.355. The Hall–Kier alpha value is -2.00. The lowest BCUT2D eigenvalue weighted by molar-refractivity contribution is -0.122. The monoisotopic (exact) mass is 300 g/mol. The van der Waals surface area contributed by atoms with E-state index < -0.39 is 5.54 Å². The molecule has 1 unspecified atom stereocenters. The van der Waals surface area contributed by atoms with Gasteiger partial charge < -0.3 is 11.1 Å². The second kappa shape index (κ2) is 5.08. The summed E-state index contributed by atoms with van der Waals surface area (Å²) < 4.78 is 0. The van der Waals surface area contributed by atoms with Crippen molar-refractivity contribution in [3.8, 4) is 0 Å². The Morgan fingerprint density at radius 1 is 1.29 bits per heavy atom. The number of hydrogen-bond donors (Lipinski definition) is 2. The van der Waals surface area contributed by atoms with Crippen LogP contribution in [0.4, 0.5) is 5.69 Å². The first-order valence-corrected chi connectivity index (χ1v) is 7.33. The molecule has 1 amide bonds. The van der Waals surface area contributed by atoms with Gasteiger partial charge in [-0.25, -0.2) is 0 Å². The molecule has 0 aromatic heterocycles. The summed E-state index contributed by atoms with van der Waals surface area (Å²) in [5, 5.41) is 3.95. The van der Waals surface area contributed by atoms with Crippen molar-refractivity contribution in [1.82, 2.24) is 0 Å². The van der Waals surface area contributed by atoms with Gasteiger partial charge in [-0.2, -0.15) is 0 Å². The van der Waals surface area contributed by atoms with E-state index in [9.17, 15) is 4.79 Å². The van der Waals surface area contributed by atoms with Gasteiger partial charge in [0, 0.05) is 10.7 Å². The fourth-order valence-corrected chi connectivity index (χ4v) is 3.21. The fraction of sp³-hybridized carbons (Fsp3) is 0.235. The van der Waals surface area contributed by atoms with Gasteiger partial charge in [0.2, 0.25) is 5.91 Å². The van der Waals surface area contributed by atoms with Crippen molar-refractivity contribution in [2.75, 3.05) is 5.32 Å². The van der Waals surface area contributed by atoms with Gasteiger partial charge in [-0.15, -0.1) is 0 Å². The Bertz CT molecular complexity index is 714. The number of halogens is 1. The molecule has 0 fully saturated rings. The minimum Gasteiger partial charge on any atom is -0.368 e. The molecule has 0 bridgehead atoms. The number of nitrogens with one attached hydrogen (secondary N) is 1. The van der Waals surface area contributed by atoms with Gasteiger partial charge in [-0.05, 0) is 49.1 Å². The third kappa shape index (κ3) is 2.38. The van der Waals surface area contributed by atoms with Crippen molar-refractivity contribution >= 4 is 23.2 Å². The normalized spacial score (nSPS) is 20.1. The molecule has 2 aromatic rings. The SMILES string of the molecule is Cc1ccc2c(c1)C(Nc1cccc(Cl)c1)(C(N)=O)CC2. The predicted molar refractivity (Wildman–Crippen MR) is 85.4 cm³/mol. The number of nitrogens with two attached hydrogens (primary N) is 1. The number of hydrogen-bond acceptors (Lipinski definition) is 2. The van der Waals surface area contributed by atoms with Gasteiger partial charge in [0.05, 0.1) is 0 Å². The fourth-order valence-electron chi connectivity index (χ4n) is 3.02. The summed E-state index contributed by atoms with van der Waals surface area (Å²) in [7, 11) is 0. The lowest BCUT2D eigenvalue weighted by atomic mass is 9.89. The van der Waals surface area contributed by atoms with Crippen molar-refractivity contribution in [3.05, 3.63) is 64.2 Å². The average molecular weight is 301 g/mol. The second-order valence-corrected chi connectivity index (χ2v) is 6.00. The summed E-state index contributed by atoms with van der Waals surface area (Å²) in [5.74, 6) is -0.355. The Kier molecular flexibility index (Phi) is 3.38. The van der Waals surface area contributed by atoms with E-state index in [0.717, 1.165) is 23.2 Å². The first kappa shape index (κ1) is 14.0. The molecule has 0 spiro atoms. The molecule has 3 rings (SSSR count). The minimum atomic E-state index is -0.855. The standard InChI is InChI=1S/C17H17ClN2O/c1-11-5-6-12-7-8-17(16(19)21,15(12)9-11)20-14-4-2-3-13(18)10-14/h2-6,9-10,20H,7-8H2,1H3,(H2,19,21). The quantitative estimate of drug-likeness (QED) is 0.913. The Morgan fingerprint density at radius 2 is 2.10 bits per heavy atom. The van der Waals surface area contributed by atoms with E-state index in [-0.39, 0.29) is 5.91 Å². The molecule has 21 heavy (non-hydrogen) atoms. The second-order valence-electron chi connectivity index (χ2n) is 5.57. The number of fused-ring (bicyclic) bond motifs is 1. The molecule has 1 aliphatic rings. The molecule has 0 saturated heterocycles. The zero-order chi connectivity index (χ0) is 15.0. The average Bonchev–Trinajstić information content (AvgIpc) is 2.78. The van der Waals surface area contributed by atoms with Crippen molar-refractivity contribution in [3.63, 3.8) is 0 Å². The van der Waals surface area contributed by atoms with Gasteiger partial charge in [-0.1, -0.05) is 41.4 Å². The molecule has 1 atom stereocenters. The number of rotatable bonds is 3. The van der Waals surface area contributed by atoms with Crippen LogP contribution in [0.15, 0.2) is 42.5 Å². The molecule has 3 nitrogen and oxygen atoms in total. The maximum Gasteiger partial charge on any atom is 0.247 e. The third-order valence-electron chi connectivity index (χ3n) is 4.10. The molecular formula is C17H17ClN2O. The first-order valence-electron chi connectivity index (χ1n) is 6.95. The van der Waals surface area contributed by atoms with Gasteiger partial charge in [0.15, 0.2) is 0 Å². The molecule has 0 saturated carbocycles. The lowest BCUT2D eigenvalue weighted by Gasteiger charge is -2.29. The van der Waals surface area contributed by atoms with Crippen LogP contribution < -0.4 is 11.1 Å². The van der Waals surface area contributed by atoms with Crippen molar-refractivity contribution in [2.45, 2.75) is 25.3 Å². The van der Waals surface area contributed by atoms with Crippen LogP contribution in [-0.4, -0.2) is 5.91 Å². The summed E-state index contributed by atoms with van der Waals surface area (Å²) in [6.07, 6.45) is 1.50. The highest BCUT2D eigenvalue weighted by Gasteiger charge is 2.44. The van der Waals surface area contributed by atoms with Crippen LogP contribution >= 0.6 is 11.6 Å². The first-order chi connectivity index (χ1) is 10.0. The van der Waals surface area contributed by atoms with Crippen LogP contribution in [0.3, 0.4) is 0 Å². The molecule has 2 aromatic carbocycles. The van der Waals surface area contributed by atoms with E-state index in [1.165, 1.54) is 5.56 Å². The van der Waals surface area contributed by atoms with Crippen molar-refractivity contribution in [1.29, 1.82) is 0 Å². The highest BCUT2D eigenvalue weighted by atomic mass is 35.5. The zero-order valence-electron chi connectivity index (χ0n) is 11.8. The van der Waals surface area contributed by atoms with Gasteiger partial charge in [0.1, 0.15) is 5.54 Å². The van der Waals surface area contributed by atoms with Gasteiger partial charge >= 0.3 is 0 Å². The molecule has 0 aliphatic heterocycles. The Balaban J connectivity index is 2.08. The molecule has 4 heteroatoms. The highest BCUT2D eigenvalue weighted by Crippen LogP contribution is 2.40.